The molecule has 136 valence electrons. The van der Waals surface area contributed by atoms with Crippen molar-refractivity contribution in [2.24, 2.45) is 0 Å². The molecule has 9 heteroatoms. The Morgan fingerprint density at radius 3 is 2.64 bits per heavy atom. The zero-order chi connectivity index (χ0) is 18.3. The van der Waals surface area contributed by atoms with Gasteiger partial charge in [0.1, 0.15) is 12.2 Å². The third kappa shape index (κ3) is 6.42. The Morgan fingerprint density at radius 1 is 1.28 bits per heavy atom. The van der Waals surface area contributed by atoms with Gasteiger partial charge in [0.15, 0.2) is 0 Å². The van der Waals surface area contributed by atoms with Crippen LogP contribution < -0.4 is 10.6 Å². The number of ether oxygens (including phenoxy) is 1. The van der Waals surface area contributed by atoms with E-state index < -0.39 is 31.5 Å². The molecule has 1 amide bonds. The number of carbonyl (C=O) groups excluding carboxylic acids is 3. The van der Waals surface area contributed by atoms with Crippen LogP contribution in [0, 0.1) is 0 Å². The minimum absolute atomic E-state index is 0.0626. The zero-order valence-corrected chi connectivity index (χ0v) is 14.5. The number of benzene rings is 1. The highest BCUT2D eigenvalue weighted by atomic mass is 31.2. The predicted octanol–water partition coefficient (Wildman–Crippen LogP) is 0.509. The van der Waals surface area contributed by atoms with Gasteiger partial charge in [-0.25, -0.2) is 4.79 Å². The van der Waals surface area contributed by atoms with E-state index in [0.29, 0.717) is 18.5 Å². The summed E-state index contributed by atoms with van der Waals surface area (Å²) in [5, 5.41) is 5.39. The maximum absolute atomic E-state index is 12.0. The molecule has 1 fully saturated rings. The lowest BCUT2D eigenvalue weighted by Gasteiger charge is -2.13. The van der Waals surface area contributed by atoms with E-state index in [4.69, 9.17) is 0 Å². The van der Waals surface area contributed by atoms with Gasteiger partial charge in [-0.3, -0.25) is 14.2 Å². The van der Waals surface area contributed by atoms with E-state index in [2.05, 4.69) is 15.4 Å². The minimum Gasteiger partial charge on any atom is -0.392 e. The van der Waals surface area contributed by atoms with Crippen LogP contribution >= 0.6 is 7.37 Å². The maximum Gasteiger partial charge on any atom is 0.330 e. The molecule has 8 nitrogen and oxygen atoms in total. The molecule has 1 heterocycles. The first kappa shape index (κ1) is 19.3. The first-order valence-electron chi connectivity index (χ1n) is 7.99. The average molecular weight is 368 g/mol. The van der Waals surface area contributed by atoms with Gasteiger partial charge in [0.2, 0.25) is 7.37 Å². The van der Waals surface area contributed by atoms with E-state index in [-0.39, 0.29) is 18.6 Å². The van der Waals surface area contributed by atoms with E-state index in [9.17, 15) is 23.8 Å². The standard InChI is InChI=1S/C16H21N2O6P/c19-14(24-16(21)13-7-4-8-17-13)11-25(22,23)10-9-18-15(20)12-5-2-1-3-6-12/h1-3,5-6,13,17H,4,7-11H2,(H,18,20)(H,22,23)/t13-/m0/s1. The maximum atomic E-state index is 12.0. The molecule has 0 radical (unpaired) electrons. The van der Waals surface area contributed by atoms with Crippen LogP contribution in [0.5, 0.6) is 0 Å². The third-order valence-electron chi connectivity index (χ3n) is 3.72. The molecule has 0 aromatic heterocycles. The highest BCUT2D eigenvalue weighted by Gasteiger charge is 2.29. The van der Waals surface area contributed by atoms with Crippen LogP contribution in [-0.2, 0) is 18.9 Å². The summed E-state index contributed by atoms with van der Waals surface area (Å²) in [5.74, 6) is -2.12. The van der Waals surface area contributed by atoms with Gasteiger partial charge >= 0.3 is 11.9 Å². The van der Waals surface area contributed by atoms with Crippen molar-refractivity contribution in [2.45, 2.75) is 18.9 Å². The number of nitrogens with one attached hydrogen (secondary N) is 2. The Bertz CT molecular complexity index is 672. The summed E-state index contributed by atoms with van der Waals surface area (Å²) >= 11 is 0. The van der Waals surface area contributed by atoms with E-state index in [0.717, 1.165) is 6.42 Å². The minimum atomic E-state index is -3.85. The van der Waals surface area contributed by atoms with E-state index >= 15 is 0 Å². The molecule has 2 atom stereocenters. The van der Waals surface area contributed by atoms with Crippen molar-refractivity contribution < 1.29 is 28.6 Å². The molecule has 1 unspecified atom stereocenters. The largest absolute Gasteiger partial charge is 0.392 e. The highest BCUT2D eigenvalue weighted by molar-refractivity contribution is 7.58. The Hall–Kier alpha value is -2.02. The molecule has 1 aromatic carbocycles. The molecule has 2 rings (SSSR count). The second kappa shape index (κ2) is 8.89. The third-order valence-corrected chi connectivity index (χ3v) is 5.39. The molecule has 1 saturated heterocycles. The van der Waals surface area contributed by atoms with Gasteiger partial charge in [0.25, 0.3) is 5.91 Å². The summed E-state index contributed by atoms with van der Waals surface area (Å²) in [6.45, 7) is 0.612. The number of esters is 2. The fraction of sp³-hybridized carbons (Fsp3) is 0.438. The second-order valence-electron chi connectivity index (χ2n) is 5.79. The second-order valence-corrected chi connectivity index (χ2v) is 8.25. The van der Waals surface area contributed by atoms with Gasteiger partial charge in [-0.2, -0.15) is 0 Å². The molecular weight excluding hydrogens is 347 g/mol. The van der Waals surface area contributed by atoms with Crippen molar-refractivity contribution in [2.75, 3.05) is 25.4 Å². The SMILES string of the molecule is O=C(CP(=O)(O)CCNC(=O)c1ccccc1)OC(=O)[C@@H]1CCCN1. The molecular formula is C16H21N2O6P. The van der Waals surface area contributed by atoms with Crippen LogP contribution in [0.1, 0.15) is 23.2 Å². The fourth-order valence-electron chi connectivity index (χ4n) is 2.42. The average Bonchev–Trinajstić information content (AvgIpc) is 3.09. The van der Waals surface area contributed by atoms with E-state index in [1.165, 1.54) is 0 Å². The van der Waals surface area contributed by atoms with Crippen molar-refractivity contribution in [3.05, 3.63) is 35.9 Å². The van der Waals surface area contributed by atoms with E-state index in [1.807, 2.05) is 0 Å². The van der Waals surface area contributed by atoms with Crippen molar-refractivity contribution in [3.63, 3.8) is 0 Å². The summed E-state index contributed by atoms with van der Waals surface area (Å²) in [7, 11) is -3.85. The fourth-order valence-corrected chi connectivity index (χ4v) is 3.51. The van der Waals surface area contributed by atoms with Crippen molar-refractivity contribution in [1.29, 1.82) is 0 Å². The summed E-state index contributed by atoms with van der Waals surface area (Å²) < 4.78 is 16.6. The zero-order valence-electron chi connectivity index (χ0n) is 13.6. The van der Waals surface area contributed by atoms with E-state index in [1.54, 1.807) is 30.3 Å². The number of rotatable bonds is 7. The smallest absolute Gasteiger partial charge is 0.330 e. The summed E-state index contributed by atoms with van der Waals surface area (Å²) in [6.07, 6.45) is 0.352. The number of hydrogen-bond acceptors (Lipinski definition) is 6. The molecule has 0 spiro atoms. The Morgan fingerprint density at radius 2 is 2.00 bits per heavy atom. The van der Waals surface area contributed by atoms with Gasteiger partial charge in [-0.15, -0.1) is 0 Å². The number of carbonyl (C=O) groups is 3. The first-order valence-corrected chi connectivity index (χ1v) is 10.0. The lowest BCUT2D eigenvalue weighted by molar-refractivity contribution is -0.159. The lowest BCUT2D eigenvalue weighted by atomic mass is 10.2. The van der Waals surface area contributed by atoms with Crippen LogP contribution in [0.3, 0.4) is 0 Å². The lowest BCUT2D eigenvalue weighted by Crippen LogP contribution is -2.34. The molecule has 0 aliphatic carbocycles. The highest BCUT2D eigenvalue weighted by Crippen LogP contribution is 2.39. The van der Waals surface area contributed by atoms with Crippen LogP contribution in [0.2, 0.25) is 0 Å². The molecule has 3 N–H and O–H groups in total. The Kier molecular flexibility index (Phi) is 6.87. The molecule has 1 aromatic rings. The first-order chi connectivity index (χ1) is 11.9. The van der Waals surface area contributed by atoms with Gasteiger partial charge in [0.05, 0.1) is 0 Å². The summed E-state index contributed by atoms with van der Waals surface area (Å²) in [5.41, 5.74) is 0.435. The summed E-state index contributed by atoms with van der Waals surface area (Å²) in [6, 6.07) is 7.89. The normalized spacial score (nSPS) is 19.0. The Labute approximate surface area is 145 Å². The summed E-state index contributed by atoms with van der Waals surface area (Å²) in [4.78, 5) is 45.0. The van der Waals surface area contributed by atoms with Crippen molar-refractivity contribution in [1.82, 2.24) is 10.6 Å². The van der Waals surface area contributed by atoms with Gasteiger partial charge in [0, 0.05) is 18.3 Å². The Balaban J connectivity index is 1.73. The quantitative estimate of drug-likeness (QED) is 0.364. The van der Waals surface area contributed by atoms with Crippen LogP contribution in [0.4, 0.5) is 0 Å². The molecule has 0 saturated carbocycles. The molecule has 25 heavy (non-hydrogen) atoms. The molecule has 1 aliphatic rings. The molecule has 1 aliphatic heterocycles. The van der Waals surface area contributed by atoms with Crippen LogP contribution in [-0.4, -0.2) is 54.2 Å². The van der Waals surface area contributed by atoms with Crippen LogP contribution in [0.15, 0.2) is 30.3 Å². The van der Waals surface area contributed by atoms with Gasteiger partial charge < -0.3 is 20.3 Å². The number of hydrogen-bond donors (Lipinski definition) is 3. The van der Waals surface area contributed by atoms with Crippen molar-refractivity contribution >= 4 is 25.2 Å². The predicted molar refractivity (Wildman–Crippen MR) is 90.5 cm³/mol. The topological polar surface area (TPSA) is 122 Å². The molecule has 0 bridgehead atoms. The van der Waals surface area contributed by atoms with Crippen molar-refractivity contribution in [3.8, 4) is 0 Å². The van der Waals surface area contributed by atoms with Gasteiger partial charge in [-0.05, 0) is 31.5 Å². The number of amides is 1. The monoisotopic (exact) mass is 368 g/mol. The van der Waals surface area contributed by atoms with Crippen LogP contribution in [0.25, 0.3) is 0 Å². The van der Waals surface area contributed by atoms with Gasteiger partial charge in [-0.1, -0.05) is 18.2 Å².